The molecule has 1 N–H and O–H groups in total. The van der Waals surface area contributed by atoms with Gasteiger partial charge in [0.2, 0.25) is 5.91 Å². The Bertz CT molecular complexity index is 434. The smallest absolute Gasteiger partial charge is 0.233 e. The zero-order valence-corrected chi connectivity index (χ0v) is 13.7. The topological polar surface area (TPSA) is 38.3 Å². The average Bonchev–Trinajstić information content (AvgIpc) is 2.42. The molecular formula is C16H25NO2S. The van der Waals surface area contributed by atoms with Gasteiger partial charge < -0.3 is 10.1 Å². The highest BCUT2D eigenvalue weighted by atomic mass is 32.2. The molecule has 0 heterocycles. The quantitative estimate of drug-likeness (QED) is 0.590. The van der Waals surface area contributed by atoms with Crippen molar-refractivity contribution < 1.29 is 9.53 Å². The largest absolute Gasteiger partial charge is 0.382 e. The lowest BCUT2D eigenvalue weighted by Crippen LogP contribution is -2.32. The third-order valence-corrected chi connectivity index (χ3v) is 4.25. The molecule has 4 heteroatoms. The Labute approximate surface area is 126 Å². The second kappa shape index (κ2) is 9.03. The fourth-order valence-electron chi connectivity index (χ4n) is 1.75. The average molecular weight is 295 g/mol. The molecule has 0 aliphatic heterocycles. The van der Waals surface area contributed by atoms with Gasteiger partial charge in [-0.05, 0) is 45.7 Å². The van der Waals surface area contributed by atoms with Gasteiger partial charge in [-0.15, -0.1) is 11.8 Å². The Morgan fingerprint density at radius 3 is 2.85 bits per heavy atom. The number of ether oxygens (including phenoxy) is 1. The lowest BCUT2D eigenvalue weighted by atomic mass is 10.2. The van der Waals surface area contributed by atoms with Crippen LogP contribution in [0.2, 0.25) is 0 Å². The summed E-state index contributed by atoms with van der Waals surface area (Å²) in [5.41, 5.74) is 2.44. The van der Waals surface area contributed by atoms with Crippen LogP contribution in [0.5, 0.6) is 0 Å². The molecule has 1 aromatic carbocycles. The summed E-state index contributed by atoms with van der Waals surface area (Å²) >= 11 is 1.62. The van der Waals surface area contributed by atoms with Crippen LogP contribution in [0.15, 0.2) is 23.1 Å². The summed E-state index contributed by atoms with van der Waals surface area (Å²) in [6.07, 6.45) is 0.862. The number of carbonyl (C=O) groups excluding carboxylic acids is 1. The first-order valence-corrected chi connectivity index (χ1v) is 8.02. The van der Waals surface area contributed by atoms with Crippen molar-refractivity contribution in [3.05, 3.63) is 29.3 Å². The molecule has 0 radical (unpaired) electrons. The van der Waals surface area contributed by atoms with E-state index < -0.39 is 0 Å². The molecule has 0 saturated heterocycles. The summed E-state index contributed by atoms with van der Waals surface area (Å²) in [7, 11) is 0. The van der Waals surface area contributed by atoms with Crippen LogP contribution in [0.3, 0.4) is 0 Å². The van der Waals surface area contributed by atoms with Gasteiger partial charge in [0.15, 0.2) is 0 Å². The molecule has 3 nitrogen and oxygen atoms in total. The van der Waals surface area contributed by atoms with Crippen molar-refractivity contribution in [2.24, 2.45) is 0 Å². The van der Waals surface area contributed by atoms with E-state index in [9.17, 15) is 4.79 Å². The van der Waals surface area contributed by atoms with Crippen molar-refractivity contribution in [3.63, 3.8) is 0 Å². The Balaban J connectivity index is 2.39. The molecule has 1 aromatic rings. The maximum Gasteiger partial charge on any atom is 0.233 e. The van der Waals surface area contributed by atoms with E-state index in [4.69, 9.17) is 4.74 Å². The summed E-state index contributed by atoms with van der Waals surface area (Å²) in [6.45, 7) is 10.2. The van der Waals surface area contributed by atoms with Gasteiger partial charge in [-0.1, -0.05) is 17.7 Å². The lowest BCUT2D eigenvalue weighted by Gasteiger charge is -2.14. The number of hydrogen-bond donors (Lipinski definition) is 1. The van der Waals surface area contributed by atoms with Gasteiger partial charge in [-0.25, -0.2) is 0 Å². The van der Waals surface area contributed by atoms with Crippen LogP contribution in [0.1, 0.15) is 31.4 Å². The molecule has 0 spiro atoms. The van der Waals surface area contributed by atoms with Gasteiger partial charge in [0.05, 0.1) is 5.25 Å². The maximum absolute atomic E-state index is 12.0. The highest BCUT2D eigenvalue weighted by molar-refractivity contribution is 8.00. The Hall–Kier alpha value is -1.00. The predicted octanol–water partition coefficient (Wildman–Crippen LogP) is 3.33. The molecule has 0 aliphatic rings. The van der Waals surface area contributed by atoms with Crippen molar-refractivity contribution in [2.45, 2.75) is 44.3 Å². The van der Waals surface area contributed by atoms with Crippen LogP contribution in [0.4, 0.5) is 0 Å². The first-order valence-electron chi connectivity index (χ1n) is 7.14. The summed E-state index contributed by atoms with van der Waals surface area (Å²) in [6, 6.07) is 6.33. The zero-order valence-electron chi connectivity index (χ0n) is 12.9. The zero-order chi connectivity index (χ0) is 15.0. The monoisotopic (exact) mass is 295 g/mol. The molecule has 1 amide bonds. The van der Waals surface area contributed by atoms with Crippen molar-refractivity contribution in [2.75, 3.05) is 19.8 Å². The van der Waals surface area contributed by atoms with Crippen LogP contribution < -0.4 is 5.32 Å². The lowest BCUT2D eigenvalue weighted by molar-refractivity contribution is -0.120. The number of benzene rings is 1. The highest BCUT2D eigenvalue weighted by Crippen LogP contribution is 2.27. The van der Waals surface area contributed by atoms with Crippen molar-refractivity contribution in [3.8, 4) is 0 Å². The molecule has 112 valence electrons. The van der Waals surface area contributed by atoms with E-state index in [0.29, 0.717) is 13.2 Å². The standard InChI is InChI=1S/C16H25NO2S/c1-5-19-10-6-9-17-16(18)14(4)20-15-11-12(2)7-8-13(15)3/h7-8,11,14H,5-6,9-10H2,1-4H3,(H,17,18). The van der Waals surface area contributed by atoms with E-state index in [1.54, 1.807) is 11.8 Å². The van der Waals surface area contributed by atoms with Crippen molar-refractivity contribution in [1.82, 2.24) is 5.32 Å². The number of nitrogens with one attached hydrogen (secondary N) is 1. The van der Waals surface area contributed by atoms with Gasteiger partial charge in [0.25, 0.3) is 0 Å². The van der Waals surface area contributed by atoms with Crippen LogP contribution in [-0.4, -0.2) is 30.9 Å². The molecule has 1 rings (SSSR count). The Kier molecular flexibility index (Phi) is 7.70. The molecule has 1 atom stereocenters. The van der Waals surface area contributed by atoms with Crippen LogP contribution >= 0.6 is 11.8 Å². The maximum atomic E-state index is 12.0. The fraction of sp³-hybridized carbons (Fsp3) is 0.562. The van der Waals surface area contributed by atoms with Gasteiger partial charge >= 0.3 is 0 Å². The van der Waals surface area contributed by atoms with E-state index in [1.165, 1.54) is 16.0 Å². The first kappa shape index (κ1) is 17.1. The SMILES string of the molecule is CCOCCCNC(=O)C(C)Sc1cc(C)ccc1C. The van der Waals surface area contributed by atoms with Gasteiger partial charge in [-0.3, -0.25) is 4.79 Å². The van der Waals surface area contributed by atoms with Gasteiger partial charge in [0, 0.05) is 24.7 Å². The van der Waals surface area contributed by atoms with Crippen LogP contribution in [0.25, 0.3) is 0 Å². The molecule has 20 heavy (non-hydrogen) atoms. The highest BCUT2D eigenvalue weighted by Gasteiger charge is 2.14. The number of amides is 1. The second-order valence-electron chi connectivity index (χ2n) is 4.87. The molecule has 0 aromatic heterocycles. The third kappa shape index (κ3) is 5.97. The third-order valence-electron chi connectivity index (χ3n) is 2.99. The summed E-state index contributed by atoms with van der Waals surface area (Å²) < 4.78 is 5.24. The van der Waals surface area contributed by atoms with Crippen LogP contribution in [0, 0.1) is 13.8 Å². The van der Waals surface area contributed by atoms with E-state index in [1.807, 2.05) is 13.8 Å². The van der Waals surface area contributed by atoms with E-state index >= 15 is 0 Å². The molecular weight excluding hydrogens is 270 g/mol. The number of carbonyl (C=O) groups is 1. The molecule has 1 unspecified atom stereocenters. The minimum absolute atomic E-state index is 0.0809. The van der Waals surface area contributed by atoms with E-state index in [2.05, 4.69) is 37.4 Å². The van der Waals surface area contributed by atoms with Crippen molar-refractivity contribution >= 4 is 17.7 Å². The summed E-state index contributed by atoms with van der Waals surface area (Å²) in [5, 5.41) is 2.87. The van der Waals surface area contributed by atoms with Gasteiger partial charge in [0.1, 0.15) is 0 Å². The Morgan fingerprint density at radius 2 is 2.15 bits per heavy atom. The molecule has 0 bridgehead atoms. The fourth-order valence-corrected chi connectivity index (χ4v) is 2.83. The van der Waals surface area contributed by atoms with E-state index in [0.717, 1.165) is 13.0 Å². The minimum Gasteiger partial charge on any atom is -0.382 e. The van der Waals surface area contributed by atoms with Crippen LogP contribution in [-0.2, 0) is 9.53 Å². The predicted molar refractivity (Wildman–Crippen MR) is 85.4 cm³/mol. The van der Waals surface area contributed by atoms with E-state index in [-0.39, 0.29) is 11.2 Å². The number of aryl methyl sites for hydroxylation is 2. The Morgan fingerprint density at radius 1 is 1.40 bits per heavy atom. The normalized spacial score (nSPS) is 12.2. The summed E-state index contributed by atoms with van der Waals surface area (Å²) in [4.78, 5) is 13.2. The number of thioether (sulfide) groups is 1. The van der Waals surface area contributed by atoms with Crippen molar-refractivity contribution in [1.29, 1.82) is 0 Å². The van der Waals surface area contributed by atoms with Gasteiger partial charge in [-0.2, -0.15) is 0 Å². The molecule has 0 fully saturated rings. The minimum atomic E-state index is -0.0809. The second-order valence-corrected chi connectivity index (χ2v) is 6.25. The number of hydrogen-bond acceptors (Lipinski definition) is 3. The number of rotatable bonds is 8. The first-order chi connectivity index (χ1) is 9.54. The molecule has 0 aliphatic carbocycles. The molecule has 0 saturated carbocycles. The summed E-state index contributed by atoms with van der Waals surface area (Å²) in [5.74, 6) is 0.0902.